The molecule has 5 nitrogen and oxygen atoms in total. The van der Waals surface area contributed by atoms with E-state index in [4.69, 9.17) is 4.74 Å². The van der Waals surface area contributed by atoms with Crippen LogP contribution in [0.15, 0.2) is 51.1 Å². The van der Waals surface area contributed by atoms with E-state index in [9.17, 15) is 8.42 Å². The molecular weight excluding hydrogens is 308 g/mol. The first-order valence-corrected chi connectivity index (χ1v) is 8.80. The van der Waals surface area contributed by atoms with Crippen molar-refractivity contribution >= 4 is 27.6 Å². The molecule has 2 aromatic rings. The van der Waals surface area contributed by atoms with Crippen molar-refractivity contribution in [3.05, 3.63) is 47.3 Å². The molecule has 0 saturated heterocycles. The van der Waals surface area contributed by atoms with Crippen LogP contribution in [0.25, 0.3) is 0 Å². The number of hydrogen-bond acceptors (Lipinski definition) is 5. The normalized spacial score (nSPS) is 11.7. The van der Waals surface area contributed by atoms with Gasteiger partial charge in [-0.2, -0.15) is 18.4 Å². The highest BCUT2D eigenvalue weighted by Crippen LogP contribution is 2.17. The second-order valence-corrected chi connectivity index (χ2v) is 7.01. The monoisotopic (exact) mass is 324 g/mol. The van der Waals surface area contributed by atoms with Crippen molar-refractivity contribution in [2.24, 2.45) is 5.10 Å². The molecule has 0 aliphatic rings. The summed E-state index contributed by atoms with van der Waals surface area (Å²) >= 11 is 1.14. The summed E-state index contributed by atoms with van der Waals surface area (Å²) in [5.41, 5.74) is 0.722. The van der Waals surface area contributed by atoms with Crippen LogP contribution in [0.2, 0.25) is 0 Å². The Hall–Kier alpha value is -1.86. The fourth-order valence-corrected chi connectivity index (χ4v) is 3.33. The number of sulfonamides is 1. The van der Waals surface area contributed by atoms with Gasteiger partial charge in [-0.15, -0.1) is 11.3 Å². The molecule has 1 aromatic heterocycles. The Morgan fingerprint density at radius 3 is 2.81 bits per heavy atom. The fraction of sp³-hybridized carbons (Fsp3) is 0.214. The van der Waals surface area contributed by atoms with E-state index < -0.39 is 10.0 Å². The zero-order valence-corrected chi connectivity index (χ0v) is 13.2. The Kier molecular flexibility index (Phi) is 5.35. The second-order valence-electron chi connectivity index (χ2n) is 4.17. The molecule has 0 spiro atoms. The van der Waals surface area contributed by atoms with Crippen LogP contribution in [0.5, 0.6) is 5.75 Å². The molecule has 0 saturated carbocycles. The third-order valence-corrected chi connectivity index (χ3v) is 5.14. The van der Waals surface area contributed by atoms with Gasteiger partial charge in [0.2, 0.25) is 0 Å². The number of nitrogens with zero attached hydrogens (tertiary/aromatic N) is 1. The molecule has 0 aliphatic carbocycles. The molecule has 1 N–H and O–H groups in total. The third-order valence-electron chi connectivity index (χ3n) is 2.52. The van der Waals surface area contributed by atoms with Crippen molar-refractivity contribution in [2.75, 3.05) is 6.61 Å². The average Bonchev–Trinajstić information content (AvgIpc) is 3.01. The largest absolute Gasteiger partial charge is 0.493 e. The number of rotatable bonds is 7. The average molecular weight is 324 g/mol. The fourth-order valence-electron chi connectivity index (χ4n) is 1.56. The van der Waals surface area contributed by atoms with Crippen LogP contribution in [0.4, 0.5) is 0 Å². The molecule has 0 amide bonds. The molecule has 112 valence electrons. The van der Waals surface area contributed by atoms with E-state index in [1.165, 1.54) is 12.3 Å². The topological polar surface area (TPSA) is 67.8 Å². The zero-order valence-electron chi connectivity index (χ0n) is 11.5. The Morgan fingerprint density at radius 1 is 1.29 bits per heavy atom. The molecule has 0 aliphatic heterocycles. The SMILES string of the molecule is CCCOc1ccccc1/C=N/NS(=O)(=O)c1cccs1. The lowest BCUT2D eigenvalue weighted by Crippen LogP contribution is -2.17. The van der Waals surface area contributed by atoms with Crippen molar-refractivity contribution in [3.8, 4) is 5.75 Å². The first-order chi connectivity index (χ1) is 10.1. The van der Waals surface area contributed by atoms with E-state index in [-0.39, 0.29) is 4.21 Å². The maximum Gasteiger partial charge on any atom is 0.286 e. The highest BCUT2D eigenvalue weighted by atomic mass is 32.2. The van der Waals surface area contributed by atoms with Crippen molar-refractivity contribution in [3.63, 3.8) is 0 Å². The Labute approximate surface area is 128 Å². The first-order valence-electron chi connectivity index (χ1n) is 6.43. The molecule has 0 fully saturated rings. The summed E-state index contributed by atoms with van der Waals surface area (Å²) in [6.07, 6.45) is 2.34. The van der Waals surface area contributed by atoms with E-state index in [0.29, 0.717) is 12.4 Å². The van der Waals surface area contributed by atoms with E-state index in [1.54, 1.807) is 11.4 Å². The predicted octanol–water partition coefficient (Wildman–Crippen LogP) is 2.85. The minimum atomic E-state index is -3.59. The van der Waals surface area contributed by atoms with Crippen LogP contribution in [0.3, 0.4) is 0 Å². The Morgan fingerprint density at radius 2 is 2.10 bits per heavy atom. The number of hydrazone groups is 1. The predicted molar refractivity (Wildman–Crippen MR) is 84.5 cm³/mol. The van der Waals surface area contributed by atoms with Crippen LogP contribution >= 0.6 is 11.3 Å². The van der Waals surface area contributed by atoms with Gasteiger partial charge in [-0.3, -0.25) is 0 Å². The molecule has 7 heteroatoms. The lowest BCUT2D eigenvalue weighted by atomic mass is 10.2. The number of benzene rings is 1. The third kappa shape index (κ3) is 4.30. The van der Waals surface area contributed by atoms with Crippen LogP contribution in [0.1, 0.15) is 18.9 Å². The van der Waals surface area contributed by atoms with Gasteiger partial charge in [-0.25, -0.2) is 0 Å². The van der Waals surface area contributed by atoms with Gasteiger partial charge in [0.05, 0.1) is 12.8 Å². The van der Waals surface area contributed by atoms with Gasteiger partial charge in [0.1, 0.15) is 9.96 Å². The Bertz CT molecular complexity index is 695. The van der Waals surface area contributed by atoms with Crippen LogP contribution in [0, 0.1) is 0 Å². The van der Waals surface area contributed by atoms with Gasteiger partial charge in [0.25, 0.3) is 10.0 Å². The maximum absolute atomic E-state index is 11.9. The Balaban J connectivity index is 2.08. The van der Waals surface area contributed by atoms with E-state index >= 15 is 0 Å². The second kappa shape index (κ2) is 7.24. The number of para-hydroxylation sites is 1. The van der Waals surface area contributed by atoms with Crippen molar-refractivity contribution < 1.29 is 13.2 Å². The number of ether oxygens (including phenoxy) is 1. The van der Waals surface area contributed by atoms with E-state index in [2.05, 4.69) is 9.93 Å². The molecule has 1 heterocycles. The lowest BCUT2D eigenvalue weighted by molar-refractivity contribution is 0.317. The zero-order chi connectivity index (χ0) is 15.1. The first kappa shape index (κ1) is 15.5. The molecule has 0 atom stereocenters. The minimum absolute atomic E-state index is 0.232. The molecule has 21 heavy (non-hydrogen) atoms. The molecule has 1 aromatic carbocycles. The smallest absolute Gasteiger partial charge is 0.286 e. The molecule has 2 rings (SSSR count). The number of nitrogens with one attached hydrogen (secondary N) is 1. The van der Waals surface area contributed by atoms with E-state index in [1.807, 2.05) is 31.2 Å². The van der Waals surface area contributed by atoms with Gasteiger partial charge < -0.3 is 4.74 Å². The number of thiophene rings is 1. The van der Waals surface area contributed by atoms with E-state index in [0.717, 1.165) is 23.3 Å². The summed E-state index contributed by atoms with van der Waals surface area (Å²) in [6, 6.07) is 10.5. The van der Waals surface area contributed by atoms with Gasteiger partial charge in [0, 0.05) is 5.56 Å². The summed E-state index contributed by atoms with van der Waals surface area (Å²) in [5, 5.41) is 5.50. The van der Waals surface area contributed by atoms with Crippen molar-refractivity contribution in [1.29, 1.82) is 0 Å². The lowest BCUT2D eigenvalue weighted by Gasteiger charge is -2.07. The summed E-state index contributed by atoms with van der Waals surface area (Å²) in [7, 11) is -3.59. The van der Waals surface area contributed by atoms with Crippen molar-refractivity contribution in [1.82, 2.24) is 4.83 Å². The molecule has 0 unspecified atom stereocenters. The molecular formula is C14H16N2O3S2. The van der Waals surface area contributed by atoms with Gasteiger partial charge >= 0.3 is 0 Å². The standard InChI is InChI=1S/C14H16N2O3S2/c1-2-9-19-13-7-4-3-6-12(13)11-15-16-21(17,18)14-8-5-10-20-14/h3-8,10-11,16H,2,9H2,1H3/b15-11+. The summed E-state index contributed by atoms with van der Waals surface area (Å²) < 4.78 is 29.6. The van der Waals surface area contributed by atoms with Crippen LogP contribution in [-0.2, 0) is 10.0 Å². The van der Waals surface area contributed by atoms with Gasteiger partial charge in [-0.1, -0.05) is 25.1 Å². The maximum atomic E-state index is 11.9. The highest BCUT2D eigenvalue weighted by Gasteiger charge is 2.13. The number of hydrogen-bond donors (Lipinski definition) is 1. The molecule has 0 bridgehead atoms. The van der Waals surface area contributed by atoms with Gasteiger partial charge in [-0.05, 0) is 30.0 Å². The molecule has 0 radical (unpaired) electrons. The van der Waals surface area contributed by atoms with Gasteiger partial charge in [0.15, 0.2) is 0 Å². The highest BCUT2D eigenvalue weighted by molar-refractivity contribution is 7.91. The van der Waals surface area contributed by atoms with Crippen LogP contribution in [-0.4, -0.2) is 21.2 Å². The van der Waals surface area contributed by atoms with Crippen LogP contribution < -0.4 is 9.57 Å². The summed E-state index contributed by atoms with van der Waals surface area (Å²) in [5.74, 6) is 0.679. The summed E-state index contributed by atoms with van der Waals surface area (Å²) in [6.45, 7) is 2.62. The minimum Gasteiger partial charge on any atom is -0.493 e. The van der Waals surface area contributed by atoms with Crippen molar-refractivity contribution in [2.45, 2.75) is 17.6 Å². The quantitative estimate of drug-likeness (QED) is 0.629. The summed E-state index contributed by atoms with van der Waals surface area (Å²) in [4.78, 5) is 2.19.